The predicted octanol–water partition coefficient (Wildman–Crippen LogP) is 2.16. The zero-order valence-corrected chi connectivity index (χ0v) is 11.0. The summed E-state index contributed by atoms with van der Waals surface area (Å²) in [7, 11) is -1.28. The Morgan fingerprint density at radius 1 is 1.43 bits per heavy atom. The van der Waals surface area contributed by atoms with Crippen LogP contribution >= 0.6 is 11.6 Å². The molecule has 0 radical (unpaired) electrons. The third kappa shape index (κ3) is 5.15. The van der Waals surface area contributed by atoms with E-state index in [9.17, 15) is 5.11 Å². The third-order valence-corrected chi connectivity index (χ3v) is 5.19. The molecule has 0 aromatic rings. The molecule has 2 N–H and O–H groups in total. The molecule has 2 atom stereocenters. The van der Waals surface area contributed by atoms with Crippen molar-refractivity contribution in [3.05, 3.63) is 11.8 Å². The van der Waals surface area contributed by atoms with Crippen molar-refractivity contribution in [3.63, 3.8) is 0 Å². The summed E-state index contributed by atoms with van der Waals surface area (Å²) in [6.07, 6.45) is 0.771. The Bertz CT molecular complexity index is 189. The Balaban J connectivity index is 3.89. The molecule has 0 aromatic heterocycles. The van der Waals surface area contributed by atoms with E-state index in [-0.39, 0.29) is 6.61 Å². The fraction of sp³-hybridized carbons (Fsp3) is 0.800. The third-order valence-electron chi connectivity index (χ3n) is 2.39. The van der Waals surface area contributed by atoms with E-state index in [1.165, 1.54) is 5.20 Å². The normalized spacial score (nSPS) is 16.4. The quantitative estimate of drug-likeness (QED) is 0.548. The summed E-state index contributed by atoms with van der Waals surface area (Å²) >= 11 is 5.70. The lowest BCUT2D eigenvalue weighted by atomic mass is 10.1. The van der Waals surface area contributed by atoms with Crippen molar-refractivity contribution in [2.24, 2.45) is 0 Å². The van der Waals surface area contributed by atoms with Crippen molar-refractivity contribution >= 4 is 19.7 Å². The molecule has 0 rings (SSSR count). The molecular formula is C10H21ClO2Si. The second-order valence-corrected chi connectivity index (χ2v) is 10.4. The van der Waals surface area contributed by atoms with Crippen LogP contribution in [0.15, 0.2) is 11.8 Å². The van der Waals surface area contributed by atoms with Crippen LogP contribution in [0, 0.1) is 0 Å². The van der Waals surface area contributed by atoms with Gasteiger partial charge < -0.3 is 10.2 Å². The fourth-order valence-electron chi connectivity index (χ4n) is 1.000. The van der Waals surface area contributed by atoms with E-state index in [4.69, 9.17) is 16.7 Å². The van der Waals surface area contributed by atoms with Crippen LogP contribution in [-0.2, 0) is 0 Å². The highest BCUT2D eigenvalue weighted by Gasteiger charge is 2.20. The van der Waals surface area contributed by atoms with Gasteiger partial charge in [0.25, 0.3) is 0 Å². The molecule has 2 nitrogen and oxygen atoms in total. The first kappa shape index (κ1) is 14.2. The first-order valence-corrected chi connectivity index (χ1v) is 8.84. The minimum Gasteiger partial charge on any atom is -0.395 e. The van der Waals surface area contributed by atoms with Gasteiger partial charge in [-0.15, -0.1) is 18.2 Å². The molecular weight excluding hydrogens is 216 g/mol. The second kappa shape index (κ2) is 5.91. The molecule has 0 aliphatic carbocycles. The molecule has 0 aliphatic rings. The lowest BCUT2D eigenvalue weighted by molar-refractivity contribution is 0.130. The van der Waals surface area contributed by atoms with Crippen LogP contribution in [0.5, 0.6) is 0 Å². The molecule has 0 fully saturated rings. The van der Waals surface area contributed by atoms with Crippen molar-refractivity contribution in [1.29, 1.82) is 0 Å². The Morgan fingerprint density at radius 3 is 2.29 bits per heavy atom. The summed E-state index contributed by atoms with van der Waals surface area (Å²) in [4.78, 5) is 0. The van der Waals surface area contributed by atoms with Crippen molar-refractivity contribution in [2.75, 3.05) is 6.61 Å². The fourth-order valence-corrected chi connectivity index (χ4v) is 2.02. The summed E-state index contributed by atoms with van der Waals surface area (Å²) in [5, 5.41) is 18.9. The van der Waals surface area contributed by atoms with E-state index >= 15 is 0 Å². The van der Waals surface area contributed by atoms with Crippen LogP contribution < -0.4 is 0 Å². The van der Waals surface area contributed by atoms with Gasteiger partial charge in [0, 0.05) is 0 Å². The van der Waals surface area contributed by atoms with Gasteiger partial charge >= 0.3 is 0 Å². The van der Waals surface area contributed by atoms with E-state index < -0.39 is 19.6 Å². The number of aliphatic hydroxyl groups excluding tert-OH is 2. The predicted molar refractivity (Wildman–Crippen MR) is 64.5 cm³/mol. The van der Waals surface area contributed by atoms with Gasteiger partial charge in [-0.2, -0.15) is 0 Å². The standard InChI is InChI=1S/C10H21ClO2Si/c1-8(14(2,3)4)5-6-10(13)9(11)7-12/h9-10,12-13H,1,5-7H2,2-4H3/t9?,10-/m1/s1. The van der Waals surface area contributed by atoms with Gasteiger partial charge in [0.2, 0.25) is 0 Å². The zero-order valence-electron chi connectivity index (χ0n) is 9.26. The van der Waals surface area contributed by atoms with Crippen LogP contribution in [0.25, 0.3) is 0 Å². The summed E-state index contributed by atoms with van der Waals surface area (Å²) in [6, 6.07) is 0. The van der Waals surface area contributed by atoms with Crippen molar-refractivity contribution in [3.8, 4) is 0 Å². The van der Waals surface area contributed by atoms with E-state index in [2.05, 4.69) is 26.2 Å². The molecule has 0 heterocycles. The van der Waals surface area contributed by atoms with Crippen LogP contribution in [0.3, 0.4) is 0 Å². The van der Waals surface area contributed by atoms with Crippen molar-refractivity contribution < 1.29 is 10.2 Å². The number of halogens is 1. The van der Waals surface area contributed by atoms with Gasteiger partial charge in [-0.1, -0.05) is 24.8 Å². The molecule has 0 saturated carbocycles. The minimum atomic E-state index is -1.28. The van der Waals surface area contributed by atoms with Crippen molar-refractivity contribution in [1.82, 2.24) is 0 Å². The second-order valence-electron chi connectivity index (χ2n) is 4.66. The Morgan fingerprint density at radius 2 is 1.93 bits per heavy atom. The maximum atomic E-state index is 9.51. The molecule has 0 saturated heterocycles. The molecule has 0 spiro atoms. The molecule has 14 heavy (non-hydrogen) atoms. The number of hydrogen-bond acceptors (Lipinski definition) is 2. The van der Waals surface area contributed by atoms with E-state index in [0.29, 0.717) is 6.42 Å². The maximum absolute atomic E-state index is 9.51. The van der Waals surface area contributed by atoms with Gasteiger partial charge in [-0.05, 0) is 12.8 Å². The van der Waals surface area contributed by atoms with Gasteiger partial charge in [0.1, 0.15) is 0 Å². The number of hydrogen-bond donors (Lipinski definition) is 2. The topological polar surface area (TPSA) is 40.5 Å². The number of aliphatic hydroxyl groups is 2. The smallest absolute Gasteiger partial charge is 0.0825 e. The molecule has 1 unspecified atom stereocenters. The van der Waals surface area contributed by atoms with E-state index in [1.54, 1.807) is 0 Å². The largest absolute Gasteiger partial charge is 0.395 e. The summed E-state index contributed by atoms with van der Waals surface area (Å²) in [5.74, 6) is 0. The molecule has 0 aliphatic heterocycles. The van der Waals surface area contributed by atoms with Gasteiger partial charge in [-0.3, -0.25) is 0 Å². The number of alkyl halides is 1. The zero-order chi connectivity index (χ0) is 11.4. The van der Waals surface area contributed by atoms with Crippen LogP contribution in [0.1, 0.15) is 12.8 Å². The minimum absolute atomic E-state index is 0.178. The Labute approximate surface area is 92.6 Å². The number of rotatable bonds is 6. The van der Waals surface area contributed by atoms with E-state index in [1.807, 2.05) is 0 Å². The average Bonchev–Trinajstić information content (AvgIpc) is 2.10. The van der Waals surface area contributed by atoms with Gasteiger partial charge in [0.05, 0.1) is 26.2 Å². The first-order valence-electron chi connectivity index (χ1n) is 4.90. The summed E-state index contributed by atoms with van der Waals surface area (Å²) in [5.41, 5.74) is 0. The molecule has 84 valence electrons. The summed E-state index contributed by atoms with van der Waals surface area (Å²) < 4.78 is 0. The monoisotopic (exact) mass is 236 g/mol. The van der Waals surface area contributed by atoms with Crippen LogP contribution in [0.4, 0.5) is 0 Å². The molecule has 0 aromatic carbocycles. The SMILES string of the molecule is C=C(CC[C@@H](O)C(Cl)CO)[Si](C)(C)C. The highest BCUT2D eigenvalue weighted by Crippen LogP contribution is 2.20. The Kier molecular flexibility index (Phi) is 5.98. The molecule has 0 amide bonds. The average molecular weight is 237 g/mol. The van der Waals surface area contributed by atoms with Gasteiger partial charge in [0.15, 0.2) is 0 Å². The van der Waals surface area contributed by atoms with Gasteiger partial charge in [-0.25, -0.2) is 0 Å². The van der Waals surface area contributed by atoms with Crippen LogP contribution in [-0.4, -0.2) is 36.4 Å². The van der Waals surface area contributed by atoms with Crippen molar-refractivity contribution in [2.45, 2.75) is 44.0 Å². The number of allylic oxidation sites excluding steroid dienone is 1. The molecule has 0 bridgehead atoms. The maximum Gasteiger partial charge on any atom is 0.0825 e. The highest BCUT2D eigenvalue weighted by molar-refractivity contribution is 6.82. The Hall–Kier alpha value is 0.167. The van der Waals surface area contributed by atoms with E-state index in [0.717, 1.165) is 6.42 Å². The summed E-state index contributed by atoms with van der Waals surface area (Å²) in [6.45, 7) is 10.5. The first-order chi connectivity index (χ1) is 6.29. The highest BCUT2D eigenvalue weighted by atomic mass is 35.5. The van der Waals surface area contributed by atoms with Crippen LogP contribution in [0.2, 0.25) is 19.6 Å². The lowest BCUT2D eigenvalue weighted by Gasteiger charge is -2.21. The lowest BCUT2D eigenvalue weighted by Crippen LogP contribution is -2.27. The molecule has 4 heteroatoms.